The first-order chi connectivity index (χ1) is 16.0. The van der Waals surface area contributed by atoms with Crippen molar-refractivity contribution >= 4 is 11.8 Å². The van der Waals surface area contributed by atoms with Crippen molar-refractivity contribution in [1.29, 1.82) is 0 Å². The summed E-state index contributed by atoms with van der Waals surface area (Å²) in [5.41, 5.74) is 9.38. The third-order valence-electron chi connectivity index (χ3n) is 6.57. The summed E-state index contributed by atoms with van der Waals surface area (Å²) in [6.45, 7) is 0.979. The Labute approximate surface area is 195 Å². The highest BCUT2D eigenvalue weighted by Crippen LogP contribution is 2.37. The van der Waals surface area contributed by atoms with Crippen LogP contribution in [0.4, 0.5) is 0 Å². The second-order valence-corrected chi connectivity index (χ2v) is 8.79. The highest BCUT2D eigenvalue weighted by atomic mass is 16.5. The maximum Gasteiger partial charge on any atom is 0.227 e. The standard InChI is InChI=1S/C28H30N2O3/c1-33-24-13-7-9-21(17-24)18-26(31)30-16-8-15-28(20-30,27(29)32)19-23-12-5-6-14-25(23)22-10-3-2-4-11-22/h2-7,9-14,17H,8,15-16,18-20H2,1H3,(H2,29,32)/t28-/m0/s1. The topological polar surface area (TPSA) is 72.6 Å². The number of piperidine rings is 1. The lowest BCUT2D eigenvalue weighted by Gasteiger charge is -2.41. The van der Waals surface area contributed by atoms with Crippen LogP contribution in [0.1, 0.15) is 24.0 Å². The molecule has 3 aromatic rings. The fraction of sp³-hybridized carbons (Fsp3) is 0.286. The van der Waals surface area contributed by atoms with Gasteiger partial charge in [-0.25, -0.2) is 0 Å². The molecule has 0 aromatic heterocycles. The van der Waals surface area contributed by atoms with Gasteiger partial charge >= 0.3 is 0 Å². The summed E-state index contributed by atoms with van der Waals surface area (Å²) >= 11 is 0. The third-order valence-corrected chi connectivity index (χ3v) is 6.57. The number of methoxy groups -OCH3 is 1. The van der Waals surface area contributed by atoms with Crippen molar-refractivity contribution in [2.75, 3.05) is 20.2 Å². The van der Waals surface area contributed by atoms with Crippen molar-refractivity contribution in [2.24, 2.45) is 11.1 Å². The van der Waals surface area contributed by atoms with Crippen LogP contribution in [0.15, 0.2) is 78.9 Å². The second-order valence-electron chi connectivity index (χ2n) is 8.79. The number of likely N-dealkylation sites (tertiary alicyclic amines) is 1. The van der Waals surface area contributed by atoms with Crippen molar-refractivity contribution in [3.8, 4) is 16.9 Å². The number of nitrogens with zero attached hydrogens (tertiary/aromatic N) is 1. The minimum absolute atomic E-state index is 0.00456. The zero-order chi connectivity index (χ0) is 23.3. The van der Waals surface area contributed by atoms with Crippen LogP contribution in [-0.2, 0) is 22.4 Å². The molecule has 1 saturated heterocycles. The molecular weight excluding hydrogens is 412 g/mol. The maximum atomic E-state index is 13.2. The number of amides is 2. The first kappa shape index (κ1) is 22.6. The van der Waals surface area contributed by atoms with E-state index in [1.165, 1.54) is 0 Å². The lowest BCUT2D eigenvalue weighted by Crippen LogP contribution is -2.53. The largest absolute Gasteiger partial charge is 0.497 e. The predicted octanol–water partition coefficient (Wildman–Crippen LogP) is 4.24. The number of ether oxygens (including phenoxy) is 1. The number of carbonyl (C=O) groups is 2. The van der Waals surface area contributed by atoms with Crippen molar-refractivity contribution in [1.82, 2.24) is 4.90 Å². The zero-order valence-electron chi connectivity index (χ0n) is 19.0. The molecule has 33 heavy (non-hydrogen) atoms. The Balaban J connectivity index is 1.57. The van der Waals surface area contributed by atoms with Crippen LogP contribution in [0.25, 0.3) is 11.1 Å². The second kappa shape index (κ2) is 9.90. The molecule has 1 aliphatic rings. The molecule has 3 aromatic carbocycles. The summed E-state index contributed by atoms with van der Waals surface area (Å²) in [6.07, 6.45) is 2.21. The number of primary amides is 1. The summed E-state index contributed by atoms with van der Waals surface area (Å²) in [7, 11) is 1.61. The molecule has 1 aliphatic heterocycles. The van der Waals surface area contributed by atoms with Gasteiger partial charge in [0.1, 0.15) is 5.75 Å². The quantitative estimate of drug-likeness (QED) is 0.595. The molecule has 2 N–H and O–H groups in total. The monoisotopic (exact) mass is 442 g/mol. The van der Waals surface area contributed by atoms with Gasteiger partial charge in [0, 0.05) is 13.1 Å². The number of rotatable bonds is 7. The van der Waals surface area contributed by atoms with E-state index in [-0.39, 0.29) is 18.2 Å². The van der Waals surface area contributed by atoms with Gasteiger partial charge in [-0.1, -0.05) is 66.7 Å². The van der Waals surface area contributed by atoms with Gasteiger partial charge in [0.05, 0.1) is 18.9 Å². The van der Waals surface area contributed by atoms with Crippen molar-refractivity contribution < 1.29 is 14.3 Å². The van der Waals surface area contributed by atoms with Gasteiger partial charge in [-0.05, 0) is 53.6 Å². The van der Waals surface area contributed by atoms with Crippen LogP contribution in [0.5, 0.6) is 5.75 Å². The van der Waals surface area contributed by atoms with E-state index in [4.69, 9.17) is 10.5 Å². The van der Waals surface area contributed by atoms with Gasteiger partial charge in [-0.15, -0.1) is 0 Å². The molecule has 1 atom stereocenters. The summed E-state index contributed by atoms with van der Waals surface area (Å²) in [4.78, 5) is 27.8. The molecule has 0 aliphatic carbocycles. The molecule has 0 bridgehead atoms. The Morgan fingerprint density at radius 1 is 1.00 bits per heavy atom. The fourth-order valence-electron chi connectivity index (χ4n) is 4.78. The average Bonchev–Trinajstić information content (AvgIpc) is 2.85. The number of hydrogen-bond acceptors (Lipinski definition) is 3. The van der Waals surface area contributed by atoms with E-state index in [9.17, 15) is 9.59 Å². The van der Waals surface area contributed by atoms with Crippen molar-refractivity contribution in [3.05, 3.63) is 90.0 Å². The first-order valence-corrected chi connectivity index (χ1v) is 11.3. The Hall–Kier alpha value is -3.60. The summed E-state index contributed by atoms with van der Waals surface area (Å²) in [6, 6.07) is 25.8. The summed E-state index contributed by atoms with van der Waals surface area (Å²) < 4.78 is 5.27. The van der Waals surface area contributed by atoms with Gasteiger partial charge in [-0.2, -0.15) is 0 Å². The molecule has 0 unspecified atom stereocenters. The number of benzene rings is 3. The number of nitrogens with two attached hydrogens (primary N) is 1. The number of hydrogen-bond donors (Lipinski definition) is 1. The Morgan fingerprint density at radius 2 is 1.76 bits per heavy atom. The Morgan fingerprint density at radius 3 is 2.52 bits per heavy atom. The minimum atomic E-state index is -0.785. The highest BCUT2D eigenvalue weighted by molar-refractivity contribution is 5.85. The van der Waals surface area contributed by atoms with Crippen LogP contribution >= 0.6 is 0 Å². The molecule has 0 spiro atoms. The molecule has 5 heteroatoms. The van der Waals surface area contributed by atoms with Crippen molar-refractivity contribution in [2.45, 2.75) is 25.7 Å². The van der Waals surface area contributed by atoms with E-state index in [1.54, 1.807) is 12.0 Å². The van der Waals surface area contributed by atoms with Crippen LogP contribution in [-0.4, -0.2) is 36.9 Å². The lowest BCUT2D eigenvalue weighted by molar-refractivity contribution is -0.139. The number of carbonyl (C=O) groups excluding carboxylic acids is 2. The van der Waals surface area contributed by atoms with Crippen LogP contribution < -0.4 is 10.5 Å². The van der Waals surface area contributed by atoms with E-state index < -0.39 is 5.41 Å². The SMILES string of the molecule is COc1cccc(CC(=O)N2CCC[C@@](Cc3ccccc3-c3ccccc3)(C(N)=O)C2)c1. The van der Waals surface area contributed by atoms with Crippen LogP contribution in [0.3, 0.4) is 0 Å². The molecule has 0 saturated carbocycles. The minimum Gasteiger partial charge on any atom is -0.497 e. The normalized spacial score (nSPS) is 18.0. The lowest BCUT2D eigenvalue weighted by atomic mass is 9.73. The fourth-order valence-corrected chi connectivity index (χ4v) is 4.78. The van der Waals surface area contributed by atoms with Crippen LogP contribution in [0, 0.1) is 5.41 Å². The molecule has 1 heterocycles. The van der Waals surface area contributed by atoms with Gasteiger partial charge in [0.15, 0.2) is 0 Å². The van der Waals surface area contributed by atoms with Crippen molar-refractivity contribution in [3.63, 3.8) is 0 Å². The molecule has 170 valence electrons. The van der Waals surface area contributed by atoms with E-state index in [0.717, 1.165) is 34.4 Å². The summed E-state index contributed by atoms with van der Waals surface area (Å²) in [5, 5.41) is 0. The van der Waals surface area contributed by atoms with Gasteiger partial charge < -0.3 is 15.4 Å². The molecule has 2 amide bonds. The summed E-state index contributed by atoms with van der Waals surface area (Å²) in [5.74, 6) is 0.386. The average molecular weight is 443 g/mol. The molecule has 0 radical (unpaired) electrons. The van der Waals surface area contributed by atoms with E-state index in [1.807, 2.05) is 54.6 Å². The zero-order valence-corrected chi connectivity index (χ0v) is 19.0. The Bertz CT molecular complexity index is 1130. The maximum absolute atomic E-state index is 13.2. The van der Waals surface area contributed by atoms with Crippen LogP contribution in [0.2, 0.25) is 0 Å². The molecule has 5 nitrogen and oxygen atoms in total. The molecule has 4 rings (SSSR count). The highest BCUT2D eigenvalue weighted by Gasteiger charge is 2.42. The smallest absolute Gasteiger partial charge is 0.227 e. The molecular formula is C28H30N2O3. The predicted molar refractivity (Wildman–Crippen MR) is 130 cm³/mol. The Kier molecular flexibility index (Phi) is 6.78. The van der Waals surface area contributed by atoms with Gasteiger partial charge in [0.2, 0.25) is 11.8 Å². The third kappa shape index (κ3) is 5.08. The van der Waals surface area contributed by atoms with E-state index in [0.29, 0.717) is 25.9 Å². The first-order valence-electron chi connectivity index (χ1n) is 11.3. The van der Waals surface area contributed by atoms with Gasteiger partial charge in [-0.3, -0.25) is 9.59 Å². The van der Waals surface area contributed by atoms with E-state index in [2.05, 4.69) is 24.3 Å². The van der Waals surface area contributed by atoms with Gasteiger partial charge in [0.25, 0.3) is 0 Å². The molecule has 1 fully saturated rings. The van der Waals surface area contributed by atoms with E-state index >= 15 is 0 Å².